The standard InChI is InChI=1S/C17H18ClN3O/c1-11(21-16(22)14-6-7-14)8-12-2-4-13(5-3-12)15-9-19-17(18)20-10-15/h2-5,9-11,14H,6-8H2,1H3,(H,21,22). The van der Waals surface area contributed by atoms with Gasteiger partial charge in [0, 0.05) is 29.9 Å². The van der Waals surface area contributed by atoms with Crippen LogP contribution in [0.3, 0.4) is 0 Å². The van der Waals surface area contributed by atoms with Crippen LogP contribution < -0.4 is 5.32 Å². The molecule has 1 aromatic carbocycles. The van der Waals surface area contributed by atoms with Crippen LogP contribution in [0, 0.1) is 5.92 Å². The first kappa shape index (κ1) is 15.0. The number of halogens is 1. The summed E-state index contributed by atoms with van der Waals surface area (Å²) in [7, 11) is 0. The third kappa shape index (κ3) is 3.83. The highest BCUT2D eigenvalue weighted by molar-refractivity contribution is 6.28. The molecule has 1 N–H and O–H groups in total. The minimum Gasteiger partial charge on any atom is -0.353 e. The Bertz CT molecular complexity index is 651. The molecule has 3 rings (SSSR count). The van der Waals surface area contributed by atoms with E-state index in [0.29, 0.717) is 0 Å². The zero-order chi connectivity index (χ0) is 15.5. The Labute approximate surface area is 134 Å². The second-order valence-electron chi connectivity index (χ2n) is 5.83. The van der Waals surface area contributed by atoms with Gasteiger partial charge in [-0.15, -0.1) is 0 Å². The summed E-state index contributed by atoms with van der Waals surface area (Å²) in [5.41, 5.74) is 3.18. The van der Waals surface area contributed by atoms with E-state index in [0.717, 1.165) is 30.4 Å². The fourth-order valence-electron chi connectivity index (χ4n) is 2.41. The summed E-state index contributed by atoms with van der Waals surface area (Å²) < 4.78 is 0. The van der Waals surface area contributed by atoms with E-state index in [-0.39, 0.29) is 23.2 Å². The molecule has 1 atom stereocenters. The number of amides is 1. The molecule has 1 aromatic heterocycles. The van der Waals surface area contributed by atoms with Gasteiger partial charge in [0.15, 0.2) is 0 Å². The average Bonchev–Trinajstić information content (AvgIpc) is 3.33. The Kier molecular flexibility index (Phi) is 4.39. The second-order valence-corrected chi connectivity index (χ2v) is 6.16. The lowest BCUT2D eigenvalue weighted by Crippen LogP contribution is -2.35. The molecule has 5 heteroatoms. The Morgan fingerprint density at radius 1 is 1.23 bits per heavy atom. The molecule has 1 heterocycles. The molecule has 1 fully saturated rings. The largest absolute Gasteiger partial charge is 0.353 e. The summed E-state index contributed by atoms with van der Waals surface area (Å²) in [4.78, 5) is 19.7. The van der Waals surface area contributed by atoms with Gasteiger partial charge in [0.2, 0.25) is 11.2 Å². The van der Waals surface area contributed by atoms with E-state index in [1.807, 2.05) is 19.1 Å². The Morgan fingerprint density at radius 2 is 1.86 bits per heavy atom. The van der Waals surface area contributed by atoms with Crippen molar-refractivity contribution in [2.45, 2.75) is 32.2 Å². The van der Waals surface area contributed by atoms with Gasteiger partial charge >= 0.3 is 0 Å². The topological polar surface area (TPSA) is 54.9 Å². The first-order valence-electron chi connectivity index (χ1n) is 7.49. The summed E-state index contributed by atoms with van der Waals surface area (Å²) >= 11 is 5.69. The SMILES string of the molecule is CC(Cc1ccc(-c2cnc(Cl)nc2)cc1)NC(=O)C1CC1. The van der Waals surface area contributed by atoms with Crippen molar-refractivity contribution in [2.75, 3.05) is 0 Å². The molecule has 0 radical (unpaired) electrons. The molecule has 2 aromatic rings. The number of aromatic nitrogens is 2. The van der Waals surface area contributed by atoms with Crippen molar-refractivity contribution >= 4 is 17.5 Å². The van der Waals surface area contributed by atoms with E-state index >= 15 is 0 Å². The maximum atomic E-state index is 11.7. The first-order valence-corrected chi connectivity index (χ1v) is 7.87. The third-order valence-electron chi connectivity index (χ3n) is 3.79. The van der Waals surface area contributed by atoms with Crippen LogP contribution in [0.2, 0.25) is 5.28 Å². The maximum Gasteiger partial charge on any atom is 0.223 e. The van der Waals surface area contributed by atoms with Gasteiger partial charge in [-0.05, 0) is 48.9 Å². The minimum atomic E-state index is 0.151. The Morgan fingerprint density at radius 3 is 2.45 bits per heavy atom. The monoisotopic (exact) mass is 315 g/mol. The number of benzene rings is 1. The fourth-order valence-corrected chi connectivity index (χ4v) is 2.50. The first-order chi connectivity index (χ1) is 10.6. The van der Waals surface area contributed by atoms with Gasteiger partial charge < -0.3 is 5.32 Å². The van der Waals surface area contributed by atoms with Gasteiger partial charge in [-0.2, -0.15) is 0 Å². The quantitative estimate of drug-likeness (QED) is 0.862. The molecule has 0 spiro atoms. The van der Waals surface area contributed by atoms with Crippen LogP contribution in [0.5, 0.6) is 0 Å². The van der Waals surface area contributed by atoms with Crippen molar-refractivity contribution in [3.8, 4) is 11.1 Å². The molecule has 0 saturated heterocycles. The molecule has 1 aliphatic carbocycles. The lowest BCUT2D eigenvalue weighted by molar-refractivity contribution is -0.122. The highest BCUT2D eigenvalue weighted by atomic mass is 35.5. The van der Waals surface area contributed by atoms with Crippen molar-refractivity contribution in [3.05, 3.63) is 47.5 Å². The predicted molar refractivity (Wildman–Crippen MR) is 86.5 cm³/mol. The molecule has 1 amide bonds. The number of carbonyl (C=O) groups is 1. The highest BCUT2D eigenvalue weighted by Crippen LogP contribution is 2.29. The van der Waals surface area contributed by atoms with E-state index in [2.05, 4.69) is 27.4 Å². The van der Waals surface area contributed by atoms with Gasteiger partial charge in [-0.3, -0.25) is 4.79 Å². The molecule has 4 nitrogen and oxygen atoms in total. The van der Waals surface area contributed by atoms with Gasteiger partial charge in [0.05, 0.1) is 0 Å². The van der Waals surface area contributed by atoms with Crippen LogP contribution in [0.25, 0.3) is 11.1 Å². The zero-order valence-electron chi connectivity index (χ0n) is 12.4. The molecule has 1 saturated carbocycles. The fraction of sp³-hybridized carbons (Fsp3) is 0.353. The molecule has 0 aliphatic heterocycles. The van der Waals surface area contributed by atoms with Crippen molar-refractivity contribution in [1.29, 1.82) is 0 Å². The van der Waals surface area contributed by atoms with Crippen LogP contribution in [0.4, 0.5) is 0 Å². The van der Waals surface area contributed by atoms with Crippen LogP contribution in [-0.4, -0.2) is 21.9 Å². The second kappa shape index (κ2) is 6.44. The van der Waals surface area contributed by atoms with Gasteiger partial charge in [0.25, 0.3) is 0 Å². The predicted octanol–water partition coefficient (Wildman–Crippen LogP) is 3.25. The number of hydrogen-bond donors (Lipinski definition) is 1. The number of carbonyl (C=O) groups excluding carboxylic acids is 1. The molecule has 114 valence electrons. The maximum absolute atomic E-state index is 11.7. The van der Waals surface area contributed by atoms with E-state index in [9.17, 15) is 4.79 Å². The summed E-state index contributed by atoms with van der Waals surface area (Å²) in [6.45, 7) is 2.04. The molecular weight excluding hydrogens is 298 g/mol. The van der Waals surface area contributed by atoms with Crippen molar-refractivity contribution < 1.29 is 4.79 Å². The number of hydrogen-bond acceptors (Lipinski definition) is 3. The minimum absolute atomic E-state index is 0.151. The smallest absolute Gasteiger partial charge is 0.223 e. The molecule has 0 bridgehead atoms. The summed E-state index contributed by atoms with van der Waals surface area (Å²) in [5, 5.41) is 3.32. The molecule has 22 heavy (non-hydrogen) atoms. The summed E-state index contributed by atoms with van der Waals surface area (Å²) in [5.74, 6) is 0.456. The van der Waals surface area contributed by atoms with Crippen LogP contribution in [-0.2, 0) is 11.2 Å². The number of rotatable bonds is 5. The number of nitrogens with zero attached hydrogens (tertiary/aromatic N) is 2. The molecule has 1 aliphatic rings. The lowest BCUT2D eigenvalue weighted by atomic mass is 10.0. The van der Waals surface area contributed by atoms with Crippen LogP contribution in [0.15, 0.2) is 36.7 Å². The summed E-state index contributed by atoms with van der Waals surface area (Å²) in [6, 6.07) is 8.38. The lowest BCUT2D eigenvalue weighted by Gasteiger charge is -2.14. The Balaban J connectivity index is 1.61. The highest BCUT2D eigenvalue weighted by Gasteiger charge is 2.30. The van der Waals surface area contributed by atoms with E-state index < -0.39 is 0 Å². The van der Waals surface area contributed by atoms with Crippen molar-refractivity contribution in [1.82, 2.24) is 15.3 Å². The van der Waals surface area contributed by atoms with E-state index in [1.165, 1.54) is 5.56 Å². The van der Waals surface area contributed by atoms with E-state index in [4.69, 9.17) is 11.6 Å². The van der Waals surface area contributed by atoms with Crippen LogP contribution in [0.1, 0.15) is 25.3 Å². The zero-order valence-corrected chi connectivity index (χ0v) is 13.2. The Hall–Kier alpha value is -1.94. The van der Waals surface area contributed by atoms with E-state index in [1.54, 1.807) is 12.4 Å². The molecular formula is C17H18ClN3O. The number of nitrogens with one attached hydrogen (secondary N) is 1. The van der Waals surface area contributed by atoms with Crippen LogP contribution >= 0.6 is 11.6 Å². The molecule has 1 unspecified atom stereocenters. The van der Waals surface area contributed by atoms with Crippen molar-refractivity contribution in [3.63, 3.8) is 0 Å². The third-order valence-corrected chi connectivity index (χ3v) is 3.98. The van der Waals surface area contributed by atoms with Crippen molar-refractivity contribution in [2.24, 2.45) is 5.92 Å². The average molecular weight is 316 g/mol. The van der Waals surface area contributed by atoms with Gasteiger partial charge in [-0.1, -0.05) is 24.3 Å². The van der Waals surface area contributed by atoms with Gasteiger partial charge in [0.1, 0.15) is 0 Å². The summed E-state index contributed by atoms with van der Waals surface area (Å²) in [6.07, 6.45) is 6.33. The normalized spacial score (nSPS) is 15.4. The van der Waals surface area contributed by atoms with Gasteiger partial charge in [-0.25, -0.2) is 9.97 Å².